The van der Waals surface area contributed by atoms with Crippen LogP contribution in [0.4, 0.5) is 17.1 Å². The summed E-state index contributed by atoms with van der Waals surface area (Å²) in [5.74, 6) is 1.00. The van der Waals surface area contributed by atoms with Crippen molar-refractivity contribution in [2.45, 2.75) is 71.8 Å². The highest BCUT2D eigenvalue weighted by molar-refractivity contribution is 5.93. The molecule has 0 unspecified atom stereocenters. The zero-order chi connectivity index (χ0) is 31.7. The number of nitrogens with two attached hydrogens (primary N) is 1. The van der Waals surface area contributed by atoms with Gasteiger partial charge in [0.05, 0.1) is 0 Å². The van der Waals surface area contributed by atoms with Crippen LogP contribution in [0.5, 0.6) is 0 Å². The molecule has 6 aromatic rings. The monoisotopic (exact) mass is 590 g/mol. The van der Waals surface area contributed by atoms with Gasteiger partial charge in [0.2, 0.25) is 0 Å². The van der Waals surface area contributed by atoms with Crippen molar-refractivity contribution in [2.75, 3.05) is 4.90 Å². The van der Waals surface area contributed by atoms with Gasteiger partial charge in [-0.05, 0) is 110 Å². The van der Waals surface area contributed by atoms with Gasteiger partial charge in [-0.15, -0.1) is 0 Å². The highest BCUT2D eigenvalue weighted by atomic mass is 15.1. The van der Waals surface area contributed by atoms with Crippen molar-refractivity contribution in [3.8, 4) is 11.1 Å². The number of benzene rings is 6. The largest absolute Gasteiger partial charge is 0.321 e. The summed E-state index contributed by atoms with van der Waals surface area (Å²) in [7, 11) is 0. The van der Waals surface area contributed by atoms with E-state index in [2.05, 4.69) is 168 Å². The normalized spacial score (nSPS) is 12.0. The van der Waals surface area contributed by atoms with Gasteiger partial charge in [0.15, 0.2) is 0 Å². The number of rotatable bonds is 9. The van der Waals surface area contributed by atoms with E-state index in [1.165, 1.54) is 49.4 Å². The second-order valence-electron chi connectivity index (χ2n) is 13.2. The molecule has 6 rings (SSSR count). The summed E-state index contributed by atoms with van der Waals surface area (Å²) in [6.45, 7) is 13.4. The molecule has 0 aliphatic carbocycles. The fourth-order valence-corrected chi connectivity index (χ4v) is 6.54. The number of hydrogen-bond donors (Lipinski definition) is 1. The highest BCUT2D eigenvalue weighted by Gasteiger charge is 2.26. The first-order valence-electron chi connectivity index (χ1n) is 16.6. The molecule has 0 heterocycles. The number of anilines is 3. The Morgan fingerprint density at radius 1 is 0.533 bits per heavy atom. The fourth-order valence-electron chi connectivity index (χ4n) is 6.54. The molecule has 0 amide bonds. The lowest BCUT2D eigenvalue weighted by Gasteiger charge is -2.30. The van der Waals surface area contributed by atoms with Crippen molar-refractivity contribution in [3.05, 3.63) is 138 Å². The molecule has 0 aromatic heterocycles. The lowest BCUT2D eigenvalue weighted by atomic mass is 9.81. The average Bonchev–Trinajstić information content (AvgIpc) is 3.07. The Bertz CT molecular complexity index is 1850. The highest BCUT2D eigenvalue weighted by Crippen LogP contribution is 2.40. The molecule has 0 fully saturated rings. The predicted molar refractivity (Wildman–Crippen MR) is 196 cm³/mol. The van der Waals surface area contributed by atoms with Gasteiger partial charge in [-0.3, -0.25) is 0 Å². The van der Waals surface area contributed by atoms with Crippen molar-refractivity contribution in [2.24, 2.45) is 5.73 Å². The standard InChI is InChI=1S/C43H46N2/c1-7-43(44,8-2)42-12-10-9-11-41(42)31-17-21-38(22-18-31)45(39-23-19-34-25-32(29(3)4)13-15-36(34)27-39)40-24-20-35-26-33(30(5)6)14-16-37(35)28-40/h9-30H,7-8,44H2,1-6H3. The van der Waals surface area contributed by atoms with Crippen molar-refractivity contribution in [1.82, 2.24) is 0 Å². The van der Waals surface area contributed by atoms with Crippen LogP contribution in [0.1, 0.15) is 82.9 Å². The average molecular weight is 591 g/mol. The molecule has 2 N–H and O–H groups in total. The van der Waals surface area contributed by atoms with Crippen LogP contribution in [0, 0.1) is 0 Å². The van der Waals surface area contributed by atoms with E-state index < -0.39 is 0 Å². The number of nitrogens with zero attached hydrogens (tertiary/aromatic N) is 1. The van der Waals surface area contributed by atoms with Gasteiger partial charge >= 0.3 is 0 Å². The predicted octanol–water partition coefficient (Wildman–Crippen LogP) is 12.4. The van der Waals surface area contributed by atoms with Crippen molar-refractivity contribution in [3.63, 3.8) is 0 Å². The van der Waals surface area contributed by atoms with Gasteiger partial charge in [0.1, 0.15) is 0 Å². The van der Waals surface area contributed by atoms with Gasteiger partial charge < -0.3 is 10.6 Å². The molecule has 45 heavy (non-hydrogen) atoms. The number of hydrogen-bond acceptors (Lipinski definition) is 2. The van der Waals surface area contributed by atoms with E-state index in [4.69, 9.17) is 5.73 Å². The van der Waals surface area contributed by atoms with Crippen LogP contribution in [0.3, 0.4) is 0 Å². The fraction of sp³-hybridized carbons (Fsp3) is 0.256. The van der Waals surface area contributed by atoms with Crippen LogP contribution in [0.2, 0.25) is 0 Å². The quantitative estimate of drug-likeness (QED) is 0.181. The van der Waals surface area contributed by atoms with Gasteiger partial charge in [0, 0.05) is 22.6 Å². The summed E-state index contributed by atoms with van der Waals surface area (Å²) in [4.78, 5) is 2.38. The maximum absolute atomic E-state index is 6.92. The van der Waals surface area contributed by atoms with Gasteiger partial charge in [-0.25, -0.2) is 0 Å². The molecule has 0 saturated heterocycles. The van der Waals surface area contributed by atoms with E-state index >= 15 is 0 Å². The number of fused-ring (bicyclic) bond motifs is 2. The Balaban J connectivity index is 1.47. The molecule has 0 aliphatic rings. The minimum absolute atomic E-state index is 0.345. The van der Waals surface area contributed by atoms with Crippen LogP contribution in [-0.4, -0.2) is 0 Å². The van der Waals surface area contributed by atoms with Gasteiger partial charge in [-0.2, -0.15) is 0 Å². The molecule has 0 saturated carbocycles. The van der Waals surface area contributed by atoms with Gasteiger partial charge in [0.25, 0.3) is 0 Å². The van der Waals surface area contributed by atoms with E-state index in [0.29, 0.717) is 11.8 Å². The SMILES string of the molecule is CCC(N)(CC)c1ccccc1-c1ccc(N(c2ccc3cc(C(C)C)ccc3c2)c2ccc3cc(C(C)C)ccc3c2)cc1. The van der Waals surface area contributed by atoms with Crippen LogP contribution in [0.25, 0.3) is 32.7 Å². The Kier molecular flexibility index (Phi) is 8.53. The molecule has 6 aromatic carbocycles. The minimum atomic E-state index is -0.345. The lowest BCUT2D eigenvalue weighted by Crippen LogP contribution is -2.35. The van der Waals surface area contributed by atoms with E-state index in [0.717, 1.165) is 29.9 Å². The van der Waals surface area contributed by atoms with E-state index in [-0.39, 0.29) is 5.54 Å². The molecule has 0 bridgehead atoms. The molecule has 228 valence electrons. The summed E-state index contributed by atoms with van der Waals surface area (Å²) >= 11 is 0. The zero-order valence-electron chi connectivity index (χ0n) is 27.6. The minimum Gasteiger partial charge on any atom is -0.321 e. The third-order valence-corrected chi connectivity index (χ3v) is 9.71. The first-order valence-corrected chi connectivity index (χ1v) is 16.6. The van der Waals surface area contributed by atoms with Crippen molar-refractivity contribution >= 4 is 38.6 Å². The molecule has 2 nitrogen and oxygen atoms in total. The van der Waals surface area contributed by atoms with Gasteiger partial charge in [-0.1, -0.05) is 126 Å². The Labute approximate surface area is 269 Å². The second-order valence-corrected chi connectivity index (χ2v) is 13.2. The first kappa shape index (κ1) is 30.6. The van der Waals surface area contributed by atoms with E-state index in [9.17, 15) is 0 Å². The van der Waals surface area contributed by atoms with Crippen LogP contribution in [0.15, 0.2) is 121 Å². The summed E-state index contributed by atoms with van der Waals surface area (Å²) < 4.78 is 0. The van der Waals surface area contributed by atoms with Crippen molar-refractivity contribution < 1.29 is 0 Å². The molecule has 0 atom stereocenters. The Morgan fingerprint density at radius 3 is 1.47 bits per heavy atom. The van der Waals surface area contributed by atoms with Crippen LogP contribution >= 0.6 is 0 Å². The molecule has 2 heteroatoms. The van der Waals surface area contributed by atoms with Crippen LogP contribution < -0.4 is 10.6 Å². The molecule has 0 aliphatic heterocycles. The maximum atomic E-state index is 6.92. The summed E-state index contributed by atoms with van der Waals surface area (Å²) in [5.41, 5.74) is 16.3. The Morgan fingerprint density at radius 2 is 0.978 bits per heavy atom. The molecular weight excluding hydrogens is 544 g/mol. The van der Waals surface area contributed by atoms with E-state index in [1.807, 2.05) is 0 Å². The Hall–Kier alpha value is -4.40. The third kappa shape index (κ3) is 6.00. The summed E-state index contributed by atoms with van der Waals surface area (Å²) in [5, 5.41) is 5.03. The first-order chi connectivity index (χ1) is 21.7. The summed E-state index contributed by atoms with van der Waals surface area (Å²) in [6, 6.07) is 45.0. The maximum Gasteiger partial charge on any atom is 0.0468 e. The summed E-state index contributed by atoms with van der Waals surface area (Å²) in [6.07, 6.45) is 1.79. The smallest absolute Gasteiger partial charge is 0.0468 e. The zero-order valence-corrected chi connectivity index (χ0v) is 27.6. The van der Waals surface area contributed by atoms with Crippen molar-refractivity contribution in [1.29, 1.82) is 0 Å². The van der Waals surface area contributed by atoms with Crippen LogP contribution in [-0.2, 0) is 5.54 Å². The molecular formula is C43H46N2. The second kappa shape index (κ2) is 12.5. The third-order valence-electron chi connectivity index (χ3n) is 9.71. The molecule has 0 radical (unpaired) electrons. The van der Waals surface area contributed by atoms with E-state index in [1.54, 1.807) is 0 Å². The lowest BCUT2D eigenvalue weighted by molar-refractivity contribution is 0.414. The molecule has 0 spiro atoms. The topological polar surface area (TPSA) is 29.3 Å².